The Kier molecular flexibility index (Phi) is 7.87. The number of pyridine rings is 1. The smallest absolute Gasteiger partial charge is 0.293 e. The van der Waals surface area contributed by atoms with Crippen LogP contribution in [-0.2, 0) is 16.1 Å². The van der Waals surface area contributed by atoms with Crippen molar-refractivity contribution < 1.29 is 14.3 Å². The molecule has 9 nitrogen and oxygen atoms in total. The summed E-state index contributed by atoms with van der Waals surface area (Å²) in [7, 11) is 0. The highest BCUT2D eigenvalue weighted by Crippen LogP contribution is 2.28. The van der Waals surface area contributed by atoms with Crippen molar-refractivity contribution in [3.05, 3.63) is 45.8 Å². The van der Waals surface area contributed by atoms with E-state index in [2.05, 4.69) is 27.1 Å². The second-order valence-corrected chi connectivity index (χ2v) is 8.76. The van der Waals surface area contributed by atoms with Gasteiger partial charge in [-0.15, -0.1) is 0 Å². The van der Waals surface area contributed by atoms with Crippen LogP contribution < -0.4 is 20.5 Å². The number of hydrogen-bond acceptors (Lipinski definition) is 8. The topological polar surface area (TPSA) is 98.6 Å². The summed E-state index contributed by atoms with van der Waals surface area (Å²) in [5.41, 5.74) is 1.25. The van der Waals surface area contributed by atoms with E-state index in [1.54, 1.807) is 23.8 Å². The maximum absolute atomic E-state index is 12.8. The van der Waals surface area contributed by atoms with E-state index < -0.39 is 0 Å². The van der Waals surface area contributed by atoms with Crippen molar-refractivity contribution in [1.29, 1.82) is 0 Å². The molecular formula is C25H30ClN5O4. The second kappa shape index (κ2) is 11.0. The van der Waals surface area contributed by atoms with Crippen molar-refractivity contribution in [2.24, 2.45) is 0 Å². The van der Waals surface area contributed by atoms with E-state index >= 15 is 0 Å². The summed E-state index contributed by atoms with van der Waals surface area (Å²) < 4.78 is 12.9. The molecule has 10 heteroatoms. The molecule has 2 aromatic heterocycles. The SMILES string of the molecule is CCC(=O)COc1cc2cc(Nc3nc(N4CCOC(CC)C4)ncc3Cl)ccc2n(CC)c1=O. The predicted molar refractivity (Wildman–Crippen MR) is 137 cm³/mol. The van der Waals surface area contributed by atoms with Crippen LogP contribution in [0.15, 0.2) is 35.3 Å². The second-order valence-electron chi connectivity index (χ2n) is 8.35. The maximum atomic E-state index is 12.8. The summed E-state index contributed by atoms with van der Waals surface area (Å²) in [5.74, 6) is 1.17. The third-order valence-electron chi connectivity index (χ3n) is 6.03. The standard InChI is InChI=1S/C25H30ClN5O4/c1-4-18(32)15-35-22-12-16-11-17(7-8-21(16)31(6-3)24(22)33)28-23-20(26)13-27-25(29-23)30-9-10-34-19(5-2)14-30/h7-8,11-13,19H,4-6,9-10,14-15H2,1-3H3,(H,27,28,29). The Bertz CT molecular complexity index is 1280. The van der Waals surface area contributed by atoms with E-state index in [0.717, 1.165) is 29.6 Å². The molecule has 1 aliphatic rings. The molecule has 1 unspecified atom stereocenters. The molecule has 3 aromatic rings. The minimum atomic E-state index is -0.260. The molecule has 4 rings (SSSR count). The predicted octanol–water partition coefficient (Wildman–Crippen LogP) is 4.18. The Morgan fingerprint density at radius 2 is 2.11 bits per heavy atom. The number of carbonyl (C=O) groups is 1. The molecule has 1 saturated heterocycles. The van der Waals surface area contributed by atoms with Crippen LogP contribution in [0.4, 0.5) is 17.5 Å². The van der Waals surface area contributed by atoms with Crippen molar-refractivity contribution in [1.82, 2.24) is 14.5 Å². The number of carbonyl (C=O) groups excluding carboxylic acids is 1. The fraction of sp³-hybridized carbons (Fsp3) is 0.440. The molecule has 0 aliphatic carbocycles. The van der Waals surface area contributed by atoms with Gasteiger partial charge in [-0.25, -0.2) is 4.98 Å². The molecule has 1 N–H and O–H groups in total. The van der Waals surface area contributed by atoms with Gasteiger partial charge in [0.2, 0.25) is 5.95 Å². The van der Waals surface area contributed by atoms with Crippen molar-refractivity contribution in [3.63, 3.8) is 0 Å². The molecule has 0 bridgehead atoms. The Labute approximate surface area is 209 Å². The molecule has 0 spiro atoms. The Hall–Kier alpha value is -3.17. The van der Waals surface area contributed by atoms with Gasteiger partial charge in [-0.3, -0.25) is 9.59 Å². The fourth-order valence-electron chi connectivity index (χ4n) is 4.00. The Balaban J connectivity index is 1.63. The number of Topliss-reactive ketones (excluding diaryl/α,β-unsaturated/α-hetero) is 1. The number of fused-ring (bicyclic) bond motifs is 1. The first-order valence-electron chi connectivity index (χ1n) is 11.9. The van der Waals surface area contributed by atoms with Gasteiger partial charge in [0.25, 0.3) is 5.56 Å². The van der Waals surface area contributed by atoms with Gasteiger partial charge in [-0.2, -0.15) is 4.98 Å². The first-order valence-corrected chi connectivity index (χ1v) is 12.3. The van der Waals surface area contributed by atoms with E-state index in [1.807, 2.05) is 25.1 Å². The summed E-state index contributed by atoms with van der Waals surface area (Å²) in [6.45, 7) is 8.17. The van der Waals surface area contributed by atoms with Crippen molar-refractivity contribution in [2.75, 3.05) is 36.5 Å². The van der Waals surface area contributed by atoms with Crippen LogP contribution >= 0.6 is 11.6 Å². The van der Waals surface area contributed by atoms with Crippen LogP contribution in [-0.4, -0.2) is 52.7 Å². The number of aryl methyl sites for hydroxylation is 1. The van der Waals surface area contributed by atoms with Crippen LogP contribution in [0.3, 0.4) is 0 Å². The van der Waals surface area contributed by atoms with E-state index in [-0.39, 0.29) is 29.8 Å². The van der Waals surface area contributed by atoms with Crippen molar-refractivity contribution in [2.45, 2.75) is 46.3 Å². The lowest BCUT2D eigenvalue weighted by molar-refractivity contribution is -0.120. The molecule has 0 amide bonds. The molecule has 35 heavy (non-hydrogen) atoms. The van der Waals surface area contributed by atoms with Crippen LogP contribution in [0.1, 0.15) is 33.6 Å². The zero-order valence-corrected chi connectivity index (χ0v) is 21.0. The number of hydrogen-bond donors (Lipinski definition) is 1. The van der Waals surface area contributed by atoms with Crippen molar-refractivity contribution in [3.8, 4) is 5.75 Å². The molecule has 1 fully saturated rings. The third kappa shape index (κ3) is 5.57. The van der Waals surface area contributed by atoms with Gasteiger partial charge in [0, 0.05) is 37.1 Å². The summed E-state index contributed by atoms with van der Waals surface area (Å²) in [5, 5.41) is 4.47. The number of halogens is 1. The highest BCUT2D eigenvalue weighted by atomic mass is 35.5. The van der Waals surface area contributed by atoms with E-state index in [1.165, 1.54) is 0 Å². The lowest BCUT2D eigenvalue weighted by Gasteiger charge is -2.32. The number of morpholine rings is 1. The zero-order valence-electron chi connectivity index (χ0n) is 20.2. The number of nitrogens with one attached hydrogen (secondary N) is 1. The monoisotopic (exact) mass is 499 g/mol. The molecule has 0 saturated carbocycles. The fourth-order valence-corrected chi connectivity index (χ4v) is 4.14. The molecule has 1 aromatic carbocycles. The lowest BCUT2D eigenvalue weighted by atomic mass is 10.1. The van der Waals surface area contributed by atoms with Gasteiger partial charge in [0.05, 0.1) is 24.4 Å². The van der Waals surface area contributed by atoms with E-state index in [4.69, 9.17) is 21.1 Å². The van der Waals surface area contributed by atoms with Gasteiger partial charge in [-0.1, -0.05) is 25.4 Å². The van der Waals surface area contributed by atoms with Gasteiger partial charge in [-0.05, 0) is 37.6 Å². The number of benzene rings is 1. The van der Waals surface area contributed by atoms with Crippen LogP contribution in [0.5, 0.6) is 5.75 Å². The van der Waals surface area contributed by atoms with E-state index in [0.29, 0.717) is 42.9 Å². The first-order chi connectivity index (χ1) is 16.9. The quantitative estimate of drug-likeness (QED) is 0.468. The Morgan fingerprint density at radius 3 is 2.86 bits per heavy atom. The number of ketones is 1. The number of anilines is 3. The van der Waals surface area contributed by atoms with Gasteiger partial charge in [0.15, 0.2) is 17.4 Å². The largest absolute Gasteiger partial charge is 0.480 e. The summed E-state index contributed by atoms with van der Waals surface area (Å²) >= 11 is 6.41. The normalized spacial score (nSPS) is 15.9. The summed E-state index contributed by atoms with van der Waals surface area (Å²) in [6, 6.07) is 7.31. The molecule has 3 heterocycles. The highest BCUT2D eigenvalue weighted by Gasteiger charge is 2.22. The average molecular weight is 500 g/mol. The highest BCUT2D eigenvalue weighted by molar-refractivity contribution is 6.32. The molecule has 1 atom stereocenters. The van der Waals surface area contributed by atoms with E-state index in [9.17, 15) is 9.59 Å². The first kappa shape index (κ1) is 24.9. The average Bonchev–Trinajstić information content (AvgIpc) is 2.88. The minimum absolute atomic E-state index is 0.0669. The van der Waals surface area contributed by atoms with Crippen LogP contribution in [0, 0.1) is 0 Å². The summed E-state index contributed by atoms with van der Waals surface area (Å²) in [4.78, 5) is 35.7. The summed E-state index contributed by atoms with van der Waals surface area (Å²) in [6.07, 6.45) is 3.03. The third-order valence-corrected chi connectivity index (χ3v) is 6.31. The van der Waals surface area contributed by atoms with Crippen LogP contribution in [0.2, 0.25) is 5.02 Å². The minimum Gasteiger partial charge on any atom is -0.480 e. The maximum Gasteiger partial charge on any atom is 0.293 e. The van der Waals surface area contributed by atoms with Gasteiger partial charge >= 0.3 is 0 Å². The van der Waals surface area contributed by atoms with Crippen LogP contribution in [0.25, 0.3) is 10.9 Å². The molecule has 186 valence electrons. The van der Waals surface area contributed by atoms with Gasteiger partial charge in [0.1, 0.15) is 11.6 Å². The zero-order chi connectivity index (χ0) is 24.9. The van der Waals surface area contributed by atoms with Gasteiger partial charge < -0.3 is 24.3 Å². The molecule has 1 aliphatic heterocycles. The number of aromatic nitrogens is 3. The lowest BCUT2D eigenvalue weighted by Crippen LogP contribution is -2.43. The number of nitrogens with zero attached hydrogens (tertiary/aromatic N) is 4. The number of ether oxygens (including phenoxy) is 2. The molecule has 0 radical (unpaired) electrons. The number of rotatable bonds is 9. The Morgan fingerprint density at radius 1 is 1.29 bits per heavy atom. The molecular weight excluding hydrogens is 470 g/mol. The van der Waals surface area contributed by atoms with Crippen molar-refractivity contribution >= 4 is 45.7 Å².